The largest absolute Gasteiger partial charge is 0.433 e. The molecule has 0 amide bonds. The van der Waals surface area contributed by atoms with Gasteiger partial charge in [-0.2, -0.15) is 13.2 Å². The van der Waals surface area contributed by atoms with Crippen LogP contribution in [0.1, 0.15) is 22.8 Å². The highest BCUT2D eigenvalue weighted by Crippen LogP contribution is 2.33. The lowest BCUT2D eigenvalue weighted by Crippen LogP contribution is -2.16. The van der Waals surface area contributed by atoms with Gasteiger partial charge in [0.2, 0.25) is 0 Å². The Morgan fingerprint density at radius 3 is 2.69 bits per heavy atom. The predicted molar refractivity (Wildman–Crippen MR) is 48.3 cm³/mol. The molecule has 0 aliphatic carbocycles. The van der Waals surface area contributed by atoms with Crippen LogP contribution in [0.4, 0.5) is 13.2 Å². The zero-order valence-electron chi connectivity index (χ0n) is 8.56. The van der Waals surface area contributed by atoms with Gasteiger partial charge in [-0.1, -0.05) is 0 Å². The Labute approximate surface area is 89.8 Å². The molecular weight excluding hydrogens is 223 g/mol. The fourth-order valence-electron chi connectivity index (χ4n) is 1.65. The van der Waals surface area contributed by atoms with Crippen LogP contribution in [0.3, 0.4) is 0 Å². The first-order chi connectivity index (χ1) is 7.52. The number of alkyl halides is 3. The Balaban J connectivity index is 2.49. The van der Waals surface area contributed by atoms with Gasteiger partial charge in [0.25, 0.3) is 0 Å². The number of nitrogens with one attached hydrogen (secondary N) is 1. The van der Waals surface area contributed by atoms with Gasteiger partial charge in [-0.05, 0) is 0 Å². The summed E-state index contributed by atoms with van der Waals surface area (Å²) >= 11 is 0. The zero-order valence-corrected chi connectivity index (χ0v) is 8.56. The topological polar surface area (TPSA) is 47.0 Å². The third kappa shape index (κ3) is 2.00. The van der Waals surface area contributed by atoms with E-state index >= 15 is 0 Å². The standard InChI is InChI=1S/C9H10F3N3O/c1-16-4-7-14-6-3-13-2-5(6)8(15-7)9(10,11)12/h13H,2-4H2,1H3. The number of halogens is 3. The molecule has 2 rings (SSSR count). The van der Waals surface area contributed by atoms with Crippen molar-refractivity contribution >= 4 is 0 Å². The summed E-state index contributed by atoms with van der Waals surface area (Å²) in [6.45, 7) is 0.492. The van der Waals surface area contributed by atoms with Gasteiger partial charge in [0, 0.05) is 25.8 Å². The molecule has 1 aliphatic rings. The normalized spacial score (nSPS) is 15.2. The number of aromatic nitrogens is 2. The van der Waals surface area contributed by atoms with Gasteiger partial charge in [-0.25, -0.2) is 9.97 Å². The van der Waals surface area contributed by atoms with Crippen LogP contribution in [-0.4, -0.2) is 17.1 Å². The van der Waals surface area contributed by atoms with E-state index in [0.29, 0.717) is 12.2 Å². The molecule has 1 aromatic heterocycles. The van der Waals surface area contributed by atoms with E-state index in [0.717, 1.165) is 0 Å². The summed E-state index contributed by atoms with van der Waals surface area (Å²) in [6, 6.07) is 0. The fourth-order valence-corrected chi connectivity index (χ4v) is 1.65. The molecule has 0 atom stereocenters. The van der Waals surface area contributed by atoms with Crippen LogP contribution < -0.4 is 5.32 Å². The maximum absolute atomic E-state index is 12.7. The third-order valence-electron chi connectivity index (χ3n) is 2.28. The second-order valence-electron chi connectivity index (χ2n) is 3.45. The quantitative estimate of drug-likeness (QED) is 0.835. The highest BCUT2D eigenvalue weighted by molar-refractivity contribution is 5.31. The van der Waals surface area contributed by atoms with Crippen molar-refractivity contribution < 1.29 is 17.9 Å². The Bertz CT molecular complexity index is 406. The lowest BCUT2D eigenvalue weighted by atomic mass is 10.2. The van der Waals surface area contributed by atoms with Gasteiger partial charge in [0.05, 0.1) is 5.69 Å². The number of nitrogens with zero attached hydrogens (tertiary/aromatic N) is 2. The summed E-state index contributed by atoms with van der Waals surface area (Å²) in [5.74, 6) is 0.0669. The number of hydrogen-bond donors (Lipinski definition) is 1. The van der Waals surface area contributed by atoms with Crippen LogP contribution in [0.5, 0.6) is 0 Å². The molecule has 1 aliphatic heterocycles. The van der Waals surface area contributed by atoms with Crippen LogP contribution in [0.2, 0.25) is 0 Å². The van der Waals surface area contributed by atoms with E-state index in [1.165, 1.54) is 7.11 Å². The summed E-state index contributed by atoms with van der Waals surface area (Å²) in [7, 11) is 1.39. The van der Waals surface area contributed by atoms with E-state index in [1.54, 1.807) is 0 Å². The summed E-state index contributed by atoms with van der Waals surface area (Å²) in [5, 5.41) is 2.83. The van der Waals surface area contributed by atoms with Crippen LogP contribution in [0, 0.1) is 0 Å². The van der Waals surface area contributed by atoms with E-state index in [9.17, 15) is 13.2 Å². The van der Waals surface area contributed by atoms with Gasteiger partial charge in [0.1, 0.15) is 6.61 Å². The van der Waals surface area contributed by atoms with E-state index in [1.807, 2.05) is 0 Å². The van der Waals surface area contributed by atoms with Gasteiger partial charge >= 0.3 is 6.18 Å². The summed E-state index contributed by atoms with van der Waals surface area (Å²) in [4.78, 5) is 7.52. The summed E-state index contributed by atoms with van der Waals surface area (Å²) < 4.78 is 42.9. The highest BCUT2D eigenvalue weighted by atomic mass is 19.4. The molecule has 0 saturated heterocycles. The molecule has 88 valence electrons. The molecule has 16 heavy (non-hydrogen) atoms. The number of fused-ring (bicyclic) bond motifs is 1. The smallest absolute Gasteiger partial charge is 0.377 e. The van der Waals surface area contributed by atoms with Crippen molar-refractivity contribution in [1.29, 1.82) is 0 Å². The van der Waals surface area contributed by atoms with Gasteiger partial charge < -0.3 is 10.1 Å². The molecule has 0 unspecified atom stereocenters. The van der Waals surface area contributed by atoms with Crippen LogP contribution in [0.25, 0.3) is 0 Å². The van der Waals surface area contributed by atoms with Crippen molar-refractivity contribution in [2.45, 2.75) is 25.9 Å². The van der Waals surface area contributed by atoms with Crippen molar-refractivity contribution in [2.75, 3.05) is 7.11 Å². The molecule has 0 aromatic carbocycles. The minimum absolute atomic E-state index is 0.0175. The monoisotopic (exact) mass is 233 g/mol. The molecule has 4 nitrogen and oxygen atoms in total. The number of rotatable bonds is 2. The molecular formula is C9H10F3N3O. The van der Waals surface area contributed by atoms with Crippen molar-refractivity contribution in [2.24, 2.45) is 0 Å². The molecule has 0 bridgehead atoms. The first-order valence-electron chi connectivity index (χ1n) is 4.68. The fraction of sp³-hybridized carbons (Fsp3) is 0.556. The minimum Gasteiger partial charge on any atom is -0.377 e. The van der Waals surface area contributed by atoms with Crippen molar-refractivity contribution in [3.05, 3.63) is 22.8 Å². The third-order valence-corrected chi connectivity index (χ3v) is 2.28. The molecule has 2 heterocycles. The maximum Gasteiger partial charge on any atom is 0.433 e. The minimum atomic E-state index is -4.44. The van der Waals surface area contributed by atoms with E-state index in [2.05, 4.69) is 15.3 Å². The van der Waals surface area contributed by atoms with Gasteiger partial charge in [0.15, 0.2) is 11.5 Å². The lowest BCUT2D eigenvalue weighted by Gasteiger charge is -2.11. The Hall–Kier alpha value is -1.21. The average Bonchev–Trinajstić information content (AvgIpc) is 2.63. The highest BCUT2D eigenvalue weighted by Gasteiger charge is 2.38. The van der Waals surface area contributed by atoms with Crippen molar-refractivity contribution in [3.8, 4) is 0 Å². The molecule has 1 aromatic rings. The molecule has 7 heteroatoms. The van der Waals surface area contributed by atoms with Crippen molar-refractivity contribution in [3.63, 3.8) is 0 Å². The lowest BCUT2D eigenvalue weighted by molar-refractivity contribution is -0.142. The van der Waals surface area contributed by atoms with Crippen LogP contribution in [-0.2, 0) is 30.6 Å². The molecule has 0 spiro atoms. The zero-order chi connectivity index (χ0) is 11.8. The first-order valence-corrected chi connectivity index (χ1v) is 4.68. The second-order valence-corrected chi connectivity index (χ2v) is 3.45. The Morgan fingerprint density at radius 2 is 2.06 bits per heavy atom. The number of methoxy groups -OCH3 is 1. The average molecular weight is 233 g/mol. The number of hydrogen-bond acceptors (Lipinski definition) is 4. The molecule has 0 radical (unpaired) electrons. The van der Waals surface area contributed by atoms with Crippen LogP contribution >= 0.6 is 0 Å². The second kappa shape index (κ2) is 3.99. The number of ether oxygens (including phenoxy) is 1. The maximum atomic E-state index is 12.7. The SMILES string of the molecule is COCc1nc2c(c(C(F)(F)F)n1)CNC2. The Kier molecular flexibility index (Phi) is 2.81. The summed E-state index contributed by atoms with van der Waals surface area (Å²) in [6.07, 6.45) is -4.44. The van der Waals surface area contributed by atoms with Crippen LogP contribution in [0.15, 0.2) is 0 Å². The molecule has 0 fully saturated rings. The summed E-state index contributed by atoms with van der Waals surface area (Å²) in [5.41, 5.74) is -0.295. The van der Waals surface area contributed by atoms with E-state index < -0.39 is 11.9 Å². The van der Waals surface area contributed by atoms with E-state index in [-0.39, 0.29) is 24.5 Å². The predicted octanol–water partition coefficient (Wildman–Crippen LogP) is 1.25. The Morgan fingerprint density at radius 1 is 1.31 bits per heavy atom. The molecule has 0 saturated carbocycles. The van der Waals surface area contributed by atoms with Gasteiger partial charge in [-0.3, -0.25) is 0 Å². The van der Waals surface area contributed by atoms with Gasteiger partial charge in [-0.15, -0.1) is 0 Å². The van der Waals surface area contributed by atoms with E-state index in [4.69, 9.17) is 4.74 Å². The first kappa shape index (κ1) is 11.3. The van der Waals surface area contributed by atoms with Crippen molar-refractivity contribution in [1.82, 2.24) is 15.3 Å². The molecule has 1 N–H and O–H groups in total.